The molecule has 0 fully saturated rings. The second-order valence-electron chi connectivity index (χ2n) is 4.68. The fraction of sp³-hybridized carbons (Fsp3) is 0.118. The van der Waals surface area contributed by atoms with Gasteiger partial charge in [-0.1, -0.05) is 47.5 Å². The van der Waals surface area contributed by atoms with E-state index in [-0.39, 0.29) is 0 Å². The molecule has 1 heteroatoms. The van der Waals surface area contributed by atoms with E-state index in [0.717, 1.165) is 22.2 Å². The van der Waals surface area contributed by atoms with Crippen molar-refractivity contribution < 1.29 is 1.37 Å². The highest BCUT2D eigenvalue weighted by Crippen LogP contribution is 2.21. The van der Waals surface area contributed by atoms with Gasteiger partial charge >= 0.3 is 0 Å². The molecule has 18 heavy (non-hydrogen) atoms. The molecule has 0 aliphatic carbocycles. The topological polar surface area (TPSA) is 12.9 Å². The molecule has 0 bridgehead atoms. The highest BCUT2D eigenvalue weighted by Gasteiger charge is 2.01. The summed E-state index contributed by atoms with van der Waals surface area (Å²) in [6.07, 6.45) is 0. The van der Waals surface area contributed by atoms with Gasteiger partial charge in [-0.3, -0.25) is 0 Å². The molecule has 1 heterocycles. The van der Waals surface area contributed by atoms with Crippen LogP contribution < -0.4 is 0 Å². The number of nitrogens with zero attached hydrogens (tertiary/aromatic N) is 1. The Kier molecular flexibility index (Phi) is 2.33. The van der Waals surface area contributed by atoms with Crippen molar-refractivity contribution in [2.24, 2.45) is 0 Å². The highest BCUT2D eigenvalue weighted by atomic mass is 14.7. The number of pyridine rings is 1. The second-order valence-corrected chi connectivity index (χ2v) is 4.68. The molecule has 3 rings (SSSR count). The van der Waals surface area contributed by atoms with Gasteiger partial charge in [0.25, 0.3) is 0 Å². The van der Waals surface area contributed by atoms with Gasteiger partial charge in [-0.15, -0.1) is 0 Å². The van der Waals surface area contributed by atoms with Gasteiger partial charge in [0, 0.05) is 10.9 Å². The number of aryl methyl sites for hydroxylation is 2. The van der Waals surface area contributed by atoms with E-state index in [2.05, 4.69) is 43.1 Å². The minimum absolute atomic E-state index is 0.474. The fourth-order valence-corrected chi connectivity index (χ4v) is 2.05. The molecular weight excluding hydrogens is 218 g/mol. The number of hydrogen-bond acceptors (Lipinski definition) is 1. The summed E-state index contributed by atoms with van der Waals surface area (Å²) in [6, 6.07) is 16.7. The number of aromatic nitrogens is 1. The molecule has 88 valence electrons. The average molecular weight is 234 g/mol. The van der Waals surface area contributed by atoms with E-state index in [0.29, 0.717) is 6.04 Å². The van der Waals surface area contributed by atoms with Gasteiger partial charge in [0.1, 0.15) is 0 Å². The zero-order valence-electron chi connectivity index (χ0n) is 11.6. The monoisotopic (exact) mass is 234 g/mol. The lowest BCUT2D eigenvalue weighted by atomic mass is 10.1. The molecule has 1 nitrogen and oxygen atoms in total. The first-order chi connectivity index (χ1) is 9.13. The standard InChI is InChI=1S/C17H15N/c1-12-3-6-14(7-4-12)16-10-8-15-11-13(2)5-9-17(15)18-16/h3-11H,1-2H3/i10D. The maximum Gasteiger partial charge on any atom is 0.0709 e. The molecule has 1 aromatic heterocycles. The maximum absolute atomic E-state index is 8.15. The lowest BCUT2D eigenvalue weighted by Gasteiger charge is -2.04. The third-order valence-corrected chi connectivity index (χ3v) is 3.10. The van der Waals surface area contributed by atoms with Crippen LogP contribution in [0.3, 0.4) is 0 Å². The first kappa shape index (κ1) is 9.84. The van der Waals surface area contributed by atoms with E-state index in [1.54, 1.807) is 0 Å². The van der Waals surface area contributed by atoms with Gasteiger partial charge in [0.05, 0.1) is 12.6 Å². The van der Waals surface area contributed by atoms with Crippen LogP contribution in [0.5, 0.6) is 0 Å². The van der Waals surface area contributed by atoms with Gasteiger partial charge in [0.15, 0.2) is 0 Å². The summed E-state index contributed by atoms with van der Waals surface area (Å²) in [5.41, 5.74) is 5.09. The summed E-state index contributed by atoms with van der Waals surface area (Å²) in [4.78, 5) is 4.63. The molecule has 0 aliphatic heterocycles. The number of hydrogen-bond donors (Lipinski definition) is 0. The van der Waals surface area contributed by atoms with E-state index in [1.165, 1.54) is 11.1 Å². The van der Waals surface area contributed by atoms with Crippen molar-refractivity contribution in [2.45, 2.75) is 13.8 Å². The molecule has 2 aromatic carbocycles. The predicted molar refractivity (Wildman–Crippen MR) is 76.7 cm³/mol. The van der Waals surface area contributed by atoms with Crippen molar-refractivity contribution >= 4 is 10.9 Å². The largest absolute Gasteiger partial charge is 0.248 e. The molecule has 3 aromatic rings. The van der Waals surface area contributed by atoms with Crippen LogP contribution in [-0.4, -0.2) is 4.98 Å². The molecule has 0 aliphatic rings. The van der Waals surface area contributed by atoms with Crippen molar-refractivity contribution in [1.29, 1.82) is 0 Å². The Labute approximate surface area is 109 Å². The summed E-state index contributed by atoms with van der Waals surface area (Å²) in [5.74, 6) is 0. The fourth-order valence-electron chi connectivity index (χ4n) is 2.05. The van der Waals surface area contributed by atoms with E-state index in [9.17, 15) is 0 Å². The normalized spacial score (nSPS) is 11.6. The van der Waals surface area contributed by atoms with E-state index in [1.807, 2.05) is 24.3 Å². The lowest BCUT2D eigenvalue weighted by molar-refractivity contribution is 1.37. The minimum atomic E-state index is 0.474. The van der Waals surface area contributed by atoms with Gasteiger partial charge < -0.3 is 0 Å². The summed E-state index contributed by atoms with van der Waals surface area (Å²) in [6.45, 7) is 4.11. The third-order valence-electron chi connectivity index (χ3n) is 3.10. The van der Waals surface area contributed by atoms with Gasteiger partial charge in [-0.05, 0) is 32.0 Å². The van der Waals surface area contributed by atoms with Crippen LogP contribution in [0.25, 0.3) is 22.2 Å². The van der Waals surface area contributed by atoms with Crippen molar-refractivity contribution in [3.05, 3.63) is 65.7 Å². The summed E-state index contributed by atoms with van der Waals surface area (Å²) in [5, 5.41) is 1.03. The quantitative estimate of drug-likeness (QED) is 0.603. The van der Waals surface area contributed by atoms with E-state index >= 15 is 0 Å². The van der Waals surface area contributed by atoms with E-state index in [4.69, 9.17) is 1.37 Å². The third kappa shape index (κ3) is 2.00. The van der Waals surface area contributed by atoms with Gasteiger partial charge in [0.2, 0.25) is 0 Å². The van der Waals surface area contributed by atoms with Crippen molar-refractivity contribution in [2.75, 3.05) is 0 Å². The van der Waals surface area contributed by atoms with Crippen LogP contribution >= 0.6 is 0 Å². The molecule has 0 radical (unpaired) electrons. The average Bonchev–Trinajstić information content (AvgIpc) is 2.39. The Morgan fingerprint density at radius 2 is 1.61 bits per heavy atom. The van der Waals surface area contributed by atoms with E-state index < -0.39 is 0 Å². The zero-order chi connectivity index (χ0) is 13.4. The predicted octanol–water partition coefficient (Wildman–Crippen LogP) is 4.52. The van der Waals surface area contributed by atoms with Crippen molar-refractivity contribution in [3.63, 3.8) is 0 Å². The van der Waals surface area contributed by atoms with Crippen molar-refractivity contribution in [3.8, 4) is 11.3 Å². The Bertz CT molecular complexity index is 745. The van der Waals surface area contributed by atoms with Gasteiger partial charge in [-0.25, -0.2) is 4.98 Å². The SMILES string of the molecule is [2H]c1cc2cc(C)ccc2nc1-c1ccc(C)cc1. The Morgan fingerprint density at radius 1 is 0.889 bits per heavy atom. The van der Waals surface area contributed by atoms with Crippen LogP contribution in [0.15, 0.2) is 54.6 Å². The van der Waals surface area contributed by atoms with Crippen molar-refractivity contribution in [1.82, 2.24) is 4.98 Å². The molecule has 0 amide bonds. The molecule has 0 atom stereocenters. The summed E-state index contributed by atoms with van der Waals surface area (Å²) >= 11 is 0. The number of benzene rings is 2. The number of fused-ring (bicyclic) bond motifs is 1. The Hall–Kier alpha value is -2.15. The summed E-state index contributed by atoms with van der Waals surface area (Å²) < 4.78 is 8.15. The second kappa shape index (κ2) is 4.26. The van der Waals surface area contributed by atoms with Crippen LogP contribution in [0, 0.1) is 13.8 Å². The lowest BCUT2D eigenvalue weighted by Crippen LogP contribution is -1.86. The first-order valence-electron chi connectivity index (χ1n) is 6.58. The first-order valence-corrected chi connectivity index (χ1v) is 6.08. The summed E-state index contributed by atoms with van der Waals surface area (Å²) in [7, 11) is 0. The Balaban J connectivity index is 2.21. The van der Waals surface area contributed by atoms with Crippen LogP contribution in [0.2, 0.25) is 0 Å². The molecular formula is C17H15N. The van der Waals surface area contributed by atoms with Crippen LogP contribution in [-0.2, 0) is 0 Å². The minimum Gasteiger partial charge on any atom is -0.248 e. The molecule has 0 unspecified atom stereocenters. The molecule has 0 saturated heterocycles. The van der Waals surface area contributed by atoms with Crippen LogP contribution in [0.4, 0.5) is 0 Å². The molecule has 0 saturated carbocycles. The smallest absolute Gasteiger partial charge is 0.0709 e. The molecule has 0 N–H and O–H groups in total. The number of rotatable bonds is 1. The van der Waals surface area contributed by atoms with Gasteiger partial charge in [-0.2, -0.15) is 0 Å². The maximum atomic E-state index is 8.15. The van der Waals surface area contributed by atoms with Crippen LogP contribution in [0.1, 0.15) is 12.5 Å². The zero-order valence-corrected chi connectivity index (χ0v) is 10.6. The highest BCUT2D eigenvalue weighted by molar-refractivity contribution is 5.82. The Morgan fingerprint density at radius 3 is 2.39 bits per heavy atom. The molecule has 0 spiro atoms.